The van der Waals surface area contributed by atoms with Crippen LogP contribution in [0.15, 0.2) is 0 Å². The van der Waals surface area contributed by atoms with Crippen molar-refractivity contribution in [3.63, 3.8) is 0 Å². The van der Waals surface area contributed by atoms with E-state index < -0.39 is 17.5 Å². The largest absolute Gasteiger partial charge is 0.481 e. The van der Waals surface area contributed by atoms with E-state index in [1.807, 2.05) is 13.8 Å². The van der Waals surface area contributed by atoms with Crippen LogP contribution < -0.4 is 5.73 Å². The van der Waals surface area contributed by atoms with Gasteiger partial charge in [-0.05, 0) is 12.3 Å². The average Bonchev–Trinajstić information content (AvgIpc) is 2.76. The number of hydrogen-bond acceptors (Lipinski definition) is 4. The Kier molecular flexibility index (Phi) is 4.70. The number of carboxylic acids is 1. The van der Waals surface area contributed by atoms with Crippen molar-refractivity contribution in [1.29, 1.82) is 0 Å². The van der Waals surface area contributed by atoms with Gasteiger partial charge in [-0.3, -0.25) is 9.59 Å². The lowest BCUT2D eigenvalue weighted by Crippen LogP contribution is -2.45. The maximum atomic E-state index is 12.1. The van der Waals surface area contributed by atoms with Crippen LogP contribution in [-0.4, -0.2) is 54.7 Å². The van der Waals surface area contributed by atoms with E-state index in [0.29, 0.717) is 13.0 Å². The van der Waals surface area contributed by atoms with Gasteiger partial charge in [0.15, 0.2) is 0 Å². The summed E-state index contributed by atoms with van der Waals surface area (Å²) >= 11 is 0. The van der Waals surface area contributed by atoms with Crippen LogP contribution in [0.25, 0.3) is 0 Å². The Morgan fingerprint density at radius 1 is 1.50 bits per heavy atom. The van der Waals surface area contributed by atoms with Gasteiger partial charge in [-0.1, -0.05) is 13.8 Å². The number of carbonyl (C=O) groups excluding carboxylic acids is 1. The molecule has 1 fully saturated rings. The van der Waals surface area contributed by atoms with Gasteiger partial charge in [0, 0.05) is 26.7 Å². The summed E-state index contributed by atoms with van der Waals surface area (Å²) < 4.78 is 5.00. The molecule has 1 saturated heterocycles. The second kappa shape index (κ2) is 5.67. The average molecular weight is 258 g/mol. The number of hydrogen-bond donors (Lipinski definition) is 2. The fourth-order valence-electron chi connectivity index (χ4n) is 2.42. The van der Waals surface area contributed by atoms with E-state index in [1.165, 1.54) is 7.11 Å². The molecule has 0 spiro atoms. The summed E-state index contributed by atoms with van der Waals surface area (Å²) in [5, 5.41) is 9.39. The highest BCUT2D eigenvalue weighted by atomic mass is 16.5. The topological polar surface area (TPSA) is 92.9 Å². The van der Waals surface area contributed by atoms with Crippen LogP contribution in [0.4, 0.5) is 0 Å². The molecule has 1 aliphatic heterocycles. The van der Waals surface area contributed by atoms with Crippen molar-refractivity contribution in [2.75, 3.05) is 26.7 Å². The van der Waals surface area contributed by atoms with Crippen LogP contribution in [0.1, 0.15) is 20.3 Å². The summed E-state index contributed by atoms with van der Waals surface area (Å²) in [4.78, 5) is 25.1. The first-order valence-corrected chi connectivity index (χ1v) is 6.14. The van der Waals surface area contributed by atoms with Crippen LogP contribution in [0.5, 0.6) is 0 Å². The smallest absolute Gasteiger partial charge is 0.311 e. The Bertz CT molecular complexity index is 328. The first-order valence-electron chi connectivity index (χ1n) is 6.14. The first-order chi connectivity index (χ1) is 8.39. The molecule has 1 heterocycles. The van der Waals surface area contributed by atoms with E-state index in [2.05, 4.69) is 0 Å². The second-order valence-corrected chi connectivity index (χ2v) is 5.09. The molecule has 1 aliphatic rings. The van der Waals surface area contributed by atoms with Crippen molar-refractivity contribution in [2.45, 2.75) is 26.4 Å². The highest BCUT2D eigenvalue weighted by Crippen LogP contribution is 2.38. The van der Waals surface area contributed by atoms with Crippen LogP contribution in [-0.2, 0) is 14.3 Å². The number of nitrogens with zero attached hydrogens (tertiary/aromatic N) is 1. The van der Waals surface area contributed by atoms with Crippen molar-refractivity contribution in [2.24, 2.45) is 17.1 Å². The fourth-order valence-corrected chi connectivity index (χ4v) is 2.42. The molecular formula is C12H22N2O4. The summed E-state index contributed by atoms with van der Waals surface area (Å²) in [5.41, 5.74) is 4.61. The van der Waals surface area contributed by atoms with Crippen LogP contribution in [0.2, 0.25) is 0 Å². The fraction of sp³-hybridized carbons (Fsp3) is 0.833. The normalized spacial score (nSPS) is 25.5. The third-order valence-corrected chi connectivity index (χ3v) is 3.92. The Morgan fingerprint density at radius 2 is 2.11 bits per heavy atom. The minimum atomic E-state index is -0.845. The molecule has 0 saturated carbocycles. The van der Waals surface area contributed by atoms with Crippen LogP contribution >= 0.6 is 0 Å². The van der Waals surface area contributed by atoms with Gasteiger partial charge in [0.05, 0.1) is 5.41 Å². The molecule has 0 aromatic carbocycles. The molecule has 18 heavy (non-hydrogen) atoms. The Morgan fingerprint density at radius 3 is 2.44 bits per heavy atom. The van der Waals surface area contributed by atoms with Crippen molar-refractivity contribution >= 4 is 11.9 Å². The molecule has 0 aliphatic carbocycles. The summed E-state index contributed by atoms with van der Waals surface area (Å²) in [6.45, 7) is 4.53. The monoisotopic (exact) mass is 258 g/mol. The number of nitrogens with two attached hydrogens (primary N) is 1. The number of aliphatic carboxylic acids is 1. The van der Waals surface area contributed by atoms with Gasteiger partial charge >= 0.3 is 5.97 Å². The Balaban J connectivity index is 2.81. The summed E-state index contributed by atoms with van der Waals surface area (Å²) in [6.07, 6.45) is -0.200. The zero-order valence-electron chi connectivity index (χ0n) is 11.2. The highest BCUT2D eigenvalue weighted by molar-refractivity contribution is 5.84. The predicted molar refractivity (Wildman–Crippen MR) is 66.0 cm³/mol. The molecule has 6 nitrogen and oxygen atoms in total. The zero-order chi connectivity index (χ0) is 13.9. The van der Waals surface area contributed by atoms with E-state index in [4.69, 9.17) is 10.5 Å². The molecule has 6 heteroatoms. The lowest BCUT2D eigenvalue weighted by Gasteiger charge is -2.29. The number of carbonyl (C=O) groups is 2. The number of amides is 1. The van der Waals surface area contributed by atoms with Crippen LogP contribution in [0, 0.1) is 11.3 Å². The molecule has 104 valence electrons. The number of rotatable bonds is 5. The number of methoxy groups -OCH3 is 1. The van der Waals surface area contributed by atoms with Crippen molar-refractivity contribution in [3.8, 4) is 0 Å². The summed E-state index contributed by atoms with van der Waals surface area (Å²) in [6, 6.07) is 0. The predicted octanol–water partition coefficient (Wildman–Crippen LogP) is -0.0806. The van der Waals surface area contributed by atoms with Gasteiger partial charge in [0.1, 0.15) is 6.10 Å². The molecule has 3 N–H and O–H groups in total. The van der Waals surface area contributed by atoms with Crippen molar-refractivity contribution < 1.29 is 19.4 Å². The van der Waals surface area contributed by atoms with Gasteiger partial charge in [-0.2, -0.15) is 0 Å². The van der Waals surface area contributed by atoms with Gasteiger partial charge in [0.2, 0.25) is 0 Å². The first kappa shape index (κ1) is 14.9. The van der Waals surface area contributed by atoms with E-state index >= 15 is 0 Å². The summed E-state index contributed by atoms with van der Waals surface area (Å²) in [5.74, 6) is -1.08. The maximum absolute atomic E-state index is 12.1. The molecule has 2 unspecified atom stereocenters. The molecule has 0 aromatic heterocycles. The molecular weight excluding hydrogens is 236 g/mol. The zero-order valence-corrected chi connectivity index (χ0v) is 11.2. The van der Waals surface area contributed by atoms with Gasteiger partial charge < -0.3 is 20.5 Å². The highest BCUT2D eigenvalue weighted by Gasteiger charge is 2.49. The molecule has 1 rings (SSSR count). The minimum absolute atomic E-state index is 0.0216. The number of ether oxygens (including phenoxy) is 1. The third kappa shape index (κ3) is 2.49. The molecule has 0 bridgehead atoms. The van der Waals surface area contributed by atoms with E-state index in [-0.39, 0.29) is 24.9 Å². The SMILES string of the molecule is COC(CN)C(=O)N1CCC(C(=O)O)(C(C)C)C1. The maximum Gasteiger partial charge on any atom is 0.311 e. The van der Waals surface area contributed by atoms with E-state index in [1.54, 1.807) is 4.90 Å². The molecule has 2 atom stereocenters. The van der Waals surface area contributed by atoms with Gasteiger partial charge in [-0.15, -0.1) is 0 Å². The van der Waals surface area contributed by atoms with Crippen molar-refractivity contribution in [3.05, 3.63) is 0 Å². The van der Waals surface area contributed by atoms with Gasteiger partial charge in [0.25, 0.3) is 5.91 Å². The lowest BCUT2D eigenvalue weighted by atomic mass is 9.76. The standard InChI is InChI=1S/C12H22N2O4/c1-8(2)12(11(16)17)4-5-14(7-12)10(15)9(6-13)18-3/h8-9H,4-7,13H2,1-3H3,(H,16,17). The number of likely N-dealkylation sites (tertiary alicyclic amines) is 1. The van der Waals surface area contributed by atoms with Gasteiger partial charge in [-0.25, -0.2) is 0 Å². The quantitative estimate of drug-likeness (QED) is 0.719. The van der Waals surface area contributed by atoms with E-state index in [0.717, 1.165) is 0 Å². The Labute approximate surface area is 107 Å². The Hall–Kier alpha value is -1.14. The summed E-state index contributed by atoms with van der Waals surface area (Å²) in [7, 11) is 1.43. The molecule has 0 radical (unpaired) electrons. The molecule has 1 amide bonds. The van der Waals surface area contributed by atoms with Crippen molar-refractivity contribution in [1.82, 2.24) is 4.90 Å². The number of carboxylic acid groups (broad SMARTS) is 1. The lowest BCUT2D eigenvalue weighted by molar-refractivity contribution is -0.152. The van der Waals surface area contributed by atoms with E-state index in [9.17, 15) is 14.7 Å². The third-order valence-electron chi connectivity index (χ3n) is 3.92. The van der Waals surface area contributed by atoms with Crippen LogP contribution in [0.3, 0.4) is 0 Å². The molecule has 0 aromatic rings. The second-order valence-electron chi connectivity index (χ2n) is 5.09. The minimum Gasteiger partial charge on any atom is -0.481 e.